The number of nitrogens with one attached hydrogen (secondary N) is 2. The number of rotatable bonds is 6. The van der Waals surface area contributed by atoms with Crippen LogP contribution in [-0.4, -0.2) is 61.6 Å². The average molecular weight is 494 g/mol. The molecule has 0 saturated carbocycles. The van der Waals surface area contributed by atoms with E-state index in [-0.39, 0.29) is 23.3 Å². The molecule has 0 aliphatic carbocycles. The van der Waals surface area contributed by atoms with Gasteiger partial charge in [0, 0.05) is 6.61 Å². The van der Waals surface area contributed by atoms with Gasteiger partial charge in [-0.05, 0) is 81.8 Å². The molecule has 0 bridgehead atoms. The number of ether oxygens (including phenoxy) is 1. The van der Waals surface area contributed by atoms with E-state index in [0.717, 1.165) is 71.2 Å². The van der Waals surface area contributed by atoms with Crippen LogP contribution in [0.4, 0.5) is 0 Å². The summed E-state index contributed by atoms with van der Waals surface area (Å²) in [4.78, 5) is 29.7. The van der Waals surface area contributed by atoms with Gasteiger partial charge in [0.25, 0.3) is 0 Å². The van der Waals surface area contributed by atoms with Crippen molar-refractivity contribution < 1.29 is 14.3 Å². The summed E-state index contributed by atoms with van der Waals surface area (Å²) in [6, 6.07) is -0.507. The molecule has 204 valence electrons. The van der Waals surface area contributed by atoms with Gasteiger partial charge in [0.2, 0.25) is 11.8 Å². The van der Waals surface area contributed by atoms with E-state index < -0.39 is 6.04 Å². The largest absolute Gasteiger partial charge is 0.379 e. The van der Waals surface area contributed by atoms with Crippen LogP contribution >= 0.6 is 0 Å². The molecular weight excluding hydrogens is 438 g/mol. The molecule has 0 unspecified atom stereocenters. The first-order valence-corrected chi connectivity index (χ1v) is 14.3. The zero-order valence-corrected chi connectivity index (χ0v) is 23.9. The summed E-state index contributed by atoms with van der Waals surface area (Å²) in [5.74, 6) is 0.825. The Hall–Kier alpha value is -1.14. The van der Waals surface area contributed by atoms with Crippen LogP contribution in [0.2, 0.25) is 0 Å². The Morgan fingerprint density at radius 3 is 2.20 bits per heavy atom. The average Bonchev–Trinajstić information content (AvgIpc) is 2.75. The third-order valence-corrected chi connectivity index (χ3v) is 7.67. The van der Waals surface area contributed by atoms with Crippen LogP contribution in [0.1, 0.15) is 106 Å². The summed E-state index contributed by atoms with van der Waals surface area (Å²) in [5.41, 5.74) is -0.0418. The predicted octanol–water partition coefficient (Wildman–Crippen LogP) is 5.16. The normalized spacial score (nSPS) is 26.0. The monoisotopic (exact) mass is 493 g/mol. The molecule has 2 aliphatic rings. The maximum Gasteiger partial charge on any atom is 0.242 e. The van der Waals surface area contributed by atoms with E-state index in [1.165, 1.54) is 6.42 Å². The minimum atomic E-state index is -0.490. The lowest BCUT2D eigenvalue weighted by Gasteiger charge is -2.42. The molecule has 2 aliphatic heterocycles. The number of nitrogens with zero attached hydrogens (tertiary/aromatic N) is 1. The first-order chi connectivity index (χ1) is 16.4. The standard InChI is InChI=1S/C29H55N3O3/c1-22(2)19-24-21-35-18-10-8-9-11-29(13-16-32(17-14-29)15-12-28(5,6)7)27(34)31-25(20-23(3)4)26(33)30-24/h22-25H,8-21H2,1-7H3,(H,30,33)(H,31,34)/t24-,25-/m0/s1. The molecule has 0 aromatic rings. The highest BCUT2D eigenvalue weighted by Crippen LogP contribution is 2.38. The van der Waals surface area contributed by atoms with E-state index in [1.54, 1.807) is 0 Å². The Bertz CT molecular complexity index is 648. The van der Waals surface area contributed by atoms with E-state index in [9.17, 15) is 9.59 Å². The highest BCUT2D eigenvalue weighted by molar-refractivity contribution is 5.90. The van der Waals surface area contributed by atoms with Crippen LogP contribution in [-0.2, 0) is 14.3 Å². The Morgan fingerprint density at radius 2 is 1.60 bits per heavy atom. The van der Waals surface area contributed by atoms with E-state index in [4.69, 9.17) is 4.74 Å². The molecule has 2 fully saturated rings. The van der Waals surface area contributed by atoms with Crippen molar-refractivity contribution >= 4 is 11.8 Å². The highest BCUT2D eigenvalue weighted by atomic mass is 16.5. The van der Waals surface area contributed by atoms with Crippen LogP contribution in [0.3, 0.4) is 0 Å². The van der Waals surface area contributed by atoms with Crippen molar-refractivity contribution in [2.75, 3.05) is 32.8 Å². The maximum atomic E-state index is 13.8. The van der Waals surface area contributed by atoms with Crippen molar-refractivity contribution in [1.29, 1.82) is 0 Å². The highest BCUT2D eigenvalue weighted by Gasteiger charge is 2.42. The maximum absolute atomic E-state index is 13.8. The number of likely N-dealkylation sites (tertiary alicyclic amines) is 1. The van der Waals surface area contributed by atoms with Crippen molar-refractivity contribution in [3.05, 3.63) is 0 Å². The van der Waals surface area contributed by atoms with Crippen molar-refractivity contribution in [2.45, 2.75) is 118 Å². The third-order valence-electron chi connectivity index (χ3n) is 7.67. The van der Waals surface area contributed by atoms with Gasteiger partial charge in [-0.25, -0.2) is 0 Å². The summed E-state index contributed by atoms with van der Waals surface area (Å²) < 4.78 is 5.97. The molecule has 6 heteroatoms. The summed E-state index contributed by atoms with van der Waals surface area (Å²) >= 11 is 0. The molecule has 35 heavy (non-hydrogen) atoms. The number of hydrogen-bond donors (Lipinski definition) is 2. The van der Waals surface area contributed by atoms with Gasteiger partial charge >= 0.3 is 0 Å². The van der Waals surface area contributed by atoms with Crippen LogP contribution in [0.5, 0.6) is 0 Å². The second kappa shape index (κ2) is 14.0. The quantitative estimate of drug-likeness (QED) is 0.536. The van der Waals surface area contributed by atoms with Crippen molar-refractivity contribution in [2.24, 2.45) is 22.7 Å². The SMILES string of the molecule is CC(C)C[C@H]1COCCCCCC2(CCN(CCC(C)(C)C)CC2)C(=O)N[C@@H](CC(C)C)C(=O)N1. The molecule has 6 nitrogen and oxygen atoms in total. The van der Waals surface area contributed by atoms with Gasteiger partial charge in [0.15, 0.2) is 0 Å². The van der Waals surface area contributed by atoms with E-state index in [1.807, 2.05) is 0 Å². The first-order valence-electron chi connectivity index (χ1n) is 14.3. The van der Waals surface area contributed by atoms with Crippen molar-refractivity contribution in [3.8, 4) is 0 Å². The Labute approximate surface area is 215 Å². The first kappa shape index (κ1) is 30.1. The molecule has 0 aromatic heterocycles. The van der Waals surface area contributed by atoms with Crippen LogP contribution in [0.25, 0.3) is 0 Å². The second-order valence-corrected chi connectivity index (χ2v) is 13.3. The van der Waals surface area contributed by atoms with E-state index in [0.29, 0.717) is 30.3 Å². The minimum Gasteiger partial charge on any atom is -0.379 e. The zero-order chi connectivity index (χ0) is 26.1. The van der Waals surface area contributed by atoms with Gasteiger partial charge in [-0.15, -0.1) is 0 Å². The van der Waals surface area contributed by atoms with Crippen LogP contribution < -0.4 is 10.6 Å². The lowest BCUT2D eigenvalue weighted by atomic mass is 9.73. The van der Waals surface area contributed by atoms with Crippen molar-refractivity contribution in [3.63, 3.8) is 0 Å². The number of carbonyl (C=O) groups excluding carboxylic acids is 2. The molecular formula is C29H55N3O3. The summed E-state index contributed by atoms with van der Waals surface area (Å²) in [7, 11) is 0. The Balaban J connectivity index is 2.16. The van der Waals surface area contributed by atoms with Gasteiger partial charge in [-0.1, -0.05) is 61.3 Å². The molecule has 2 atom stereocenters. The molecule has 2 amide bonds. The fraction of sp³-hybridized carbons (Fsp3) is 0.931. The topological polar surface area (TPSA) is 70.7 Å². The fourth-order valence-corrected chi connectivity index (χ4v) is 5.41. The molecule has 2 N–H and O–H groups in total. The molecule has 2 rings (SSSR count). The molecule has 0 aromatic carbocycles. The van der Waals surface area contributed by atoms with Crippen LogP contribution in [0, 0.1) is 22.7 Å². The van der Waals surface area contributed by atoms with Gasteiger partial charge in [0.05, 0.1) is 18.1 Å². The number of piperidine rings is 1. The number of amides is 2. The molecule has 0 radical (unpaired) electrons. The number of hydrogen-bond acceptors (Lipinski definition) is 4. The smallest absolute Gasteiger partial charge is 0.242 e. The minimum absolute atomic E-state index is 0.0166. The van der Waals surface area contributed by atoms with E-state index >= 15 is 0 Å². The summed E-state index contributed by atoms with van der Waals surface area (Å²) in [6.45, 7) is 19.7. The summed E-state index contributed by atoms with van der Waals surface area (Å²) in [6.07, 6.45) is 8.49. The van der Waals surface area contributed by atoms with Gasteiger partial charge in [0.1, 0.15) is 6.04 Å². The van der Waals surface area contributed by atoms with Gasteiger partial charge < -0.3 is 20.3 Å². The second-order valence-electron chi connectivity index (χ2n) is 13.3. The van der Waals surface area contributed by atoms with Gasteiger partial charge in [-0.2, -0.15) is 0 Å². The number of carbonyl (C=O) groups is 2. The zero-order valence-electron chi connectivity index (χ0n) is 23.9. The molecule has 1 spiro atoms. The predicted molar refractivity (Wildman–Crippen MR) is 144 cm³/mol. The Kier molecular flexibility index (Phi) is 12.0. The van der Waals surface area contributed by atoms with Gasteiger partial charge in [-0.3, -0.25) is 9.59 Å². The summed E-state index contributed by atoms with van der Waals surface area (Å²) in [5, 5.41) is 6.47. The third kappa shape index (κ3) is 10.8. The lowest BCUT2D eigenvalue weighted by molar-refractivity contribution is -0.139. The molecule has 2 saturated heterocycles. The van der Waals surface area contributed by atoms with Crippen molar-refractivity contribution in [1.82, 2.24) is 15.5 Å². The van der Waals surface area contributed by atoms with Crippen LogP contribution in [0.15, 0.2) is 0 Å². The molecule has 2 heterocycles. The Morgan fingerprint density at radius 1 is 0.943 bits per heavy atom. The fourth-order valence-electron chi connectivity index (χ4n) is 5.41. The van der Waals surface area contributed by atoms with E-state index in [2.05, 4.69) is 64.0 Å². The lowest BCUT2D eigenvalue weighted by Crippen LogP contribution is -2.56.